The normalized spacial score (nSPS) is 10.3. The molecule has 1 amide bonds. The third-order valence-electron chi connectivity index (χ3n) is 2.99. The molecule has 0 atom stereocenters. The van der Waals surface area contributed by atoms with E-state index in [1.807, 2.05) is 31.4 Å². The van der Waals surface area contributed by atoms with E-state index in [0.29, 0.717) is 29.6 Å². The zero-order valence-electron chi connectivity index (χ0n) is 12.4. The molecule has 0 radical (unpaired) electrons. The molecule has 1 aromatic carbocycles. The number of thioether (sulfide) groups is 1. The lowest BCUT2D eigenvalue weighted by atomic mass is 10.2. The van der Waals surface area contributed by atoms with E-state index in [9.17, 15) is 4.79 Å². The molecule has 0 aliphatic carbocycles. The van der Waals surface area contributed by atoms with E-state index in [0.717, 1.165) is 10.5 Å². The average molecular weight is 337 g/mol. The molecular formula is C16H17ClN2O2S. The number of nitrogens with one attached hydrogen (secondary N) is 1. The summed E-state index contributed by atoms with van der Waals surface area (Å²) in [5, 5.41) is 3.29. The van der Waals surface area contributed by atoms with Crippen LogP contribution >= 0.6 is 23.4 Å². The van der Waals surface area contributed by atoms with Crippen LogP contribution in [0, 0.1) is 0 Å². The van der Waals surface area contributed by atoms with Gasteiger partial charge in [0.2, 0.25) is 5.88 Å². The second-order valence-corrected chi connectivity index (χ2v) is 5.72. The molecule has 2 rings (SSSR count). The second kappa shape index (κ2) is 8.06. The van der Waals surface area contributed by atoms with Crippen LogP contribution in [0.1, 0.15) is 22.8 Å². The molecule has 116 valence electrons. The molecule has 1 N–H and O–H groups in total. The first-order chi connectivity index (χ1) is 10.7. The molecule has 0 bridgehead atoms. The molecular weight excluding hydrogens is 320 g/mol. The van der Waals surface area contributed by atoms with Crippen LogP contribution in [0.5, 0.6) is 5.88 Å². The van der Waals surface area contributed by atoms with Crippen LogP contribution in [0.25, 0.3) is 0 Å². The number of rotatable bonds is 6. The second-order valence-electron chi connectivity index (χ2n) is 4.43. The molecule has 0 aliphatic heterocycles. The van der Waals surface area contributed by atoms with Crippen molar-refractivity contribution in [3.05, 3.63) is 52.7 Å². The van der Waals surface area contributed by atoms with Crippen LogP contribution < -0.4 is 10.1 Å². The summed E-state index contributed by atoms with van der Waals surface area (Å²) < 4.78 is 5.44. The minimum Gasteiger partial charge on any atom is -0.478 e. The molecule has 0 saturated heterocycles. The van der Waals surface area contributed by atoms with Crippen molar-refractivity contribution in [2.24, 2.45) is 0 Å². The Morgan fingerprint density at radius 3 is 2.95 bits per heavy atom. The Bertz CT molecular complexity index is 664. The van der Waals surface area contributed by atoms with Crippen LogP contribution in [0.3, 0.4) is 0 Å². The number of carbonyl (C=O) groups is 1. The van der Waals surface area contributed by atoms with Gasteiger partial charge < -0.3 is 10.1 Å². The van der Waals surface area contributed by atoms with E-state index >= 15 is 0 Å². The number of aromatic nitrogens is 1. The summed E-state index contributed by atoms with van der Waals surface area (Å²) in [4.78, 5) is 17.5. The van der Waals surface area contributed by atoms with Crippen LogP contribution in [0.15, 0.2) is 41.4 Å². The Balaban J connectivity index is 2.10. The van der Waals surface area contributed by atoms with Gasteiger partial charge in [0.05, 0.1) is 17.2 Å². The first-order valence-electron chi connectivity index (χ1n) is 6.84. The Hall–Kier alpha value is -1.72. The van der Waals surface area contributed by atoms with Crippen molar-refractivity contribution in [1.29, 1.82) is 0 Å². The molecule has 0 fully saturated rings. The topological polar surface area (TPSA) is 51.2 Å². The Labute approximate surface area is 139 Å². The van der Waals surface area contributed by atoms with Gasteiger partial charge in [0.15, 0.2) is 0 Å². The van der Waals surface area contributed by atoms with Gasteiger partial charge in [-0.25, -0.2) is 4.98 Å². The van der Waals surface area contributed by atoms with E-state index in [-0.39, 0.29) is 5.91 Å². The van der Waals surface area contributed by atoms with Crippen molar-refractivity contribution >= 4 is 29.3 Å². The summed E-state index contributed by atoms with van der Waals surface area (Å²) in [5.74, 6) is 0.321. The Morgan fingerprint density at radius 1 is 1.41 bits per heavy atom. The highest BCUT2D eigenvalue weighted by atomic mass is 35.5. The summed E-state index contributed by atoms with van der Waals surface area (Å²) in [6.07, 6.45) is 3.62. The maximum Gasteiger partial charge on any atom is 0.253 e. The molecule has 2 aromatic rings. The van der Waals surface area contributed by atoms with E-state index < -0.39 is 0 Å². The van der Waals surface area contributed by atoms with Gasteiger partial charge in [0.1, 0.15) is 0 Å². The van der Waals surface area contributed by atoms with Crippen LogP contribution in [-0.4, -0.2) is 23.8 Å². The fraction of sp³-hybridized carbons (Fsp3) is 0.250. The largest absolute Gasteiger partial charge is 0.478 e. The summed E-state index contributed by atoms with van der Waals surface area (Å²) in [5.41, 5.74) is 1.30. The molecule has 0 saturated carbocycles. The third kappa shape index (κ3) is 4.15. The highest BCUT2D eigenvalue weighted by Crippen LogP contribution is 2.23. The van der Waals surface area contributed by atoms with Gasteiger partial charge in [-0.15, -0.1) is 11.8 Å². The van der Waals surface area contributed by atoms with Gasteiger partial charge >= 0.3 is 0 Å². The van der Waals surface area contributed by atoms with Gasteiger partial charge in [-0.1, -0.05) is 17.7 Å². The molecule has 6 heteroatoms. The number of benzene rings is 1. The fourth-order valence-corrected chi connectivity index (χ4v) is 2.54. The highest BCUT2D eigenvalue weighted by Gasteiger charge is 2.12. The number of nitrogens with zero attached hydrogens (tertiary/aromatic N) is 1. The number of pyridine rings is 1. The first-order valence-corrected chi connectivity index (χ1v) is 8.44. The summed E-state index contributed by atoms with van der Waals surface area (Å²) in [6, 6.07) is 9.09. The first kappa shape index (κ1) is 16.6. The number of ether oxygens (including phenoxy) is 1. The standard InChI is InChI=1S/C16H17ClN2O2S/c1-3-21-16-11(5-4-8-18-16)10-19-15(20)13-9-12(22-2)6-7-14(13)17/h4-9H,3,10H2,1-2H3,(H,19,20). The molecule has 1 heterocycles. The van der Waals surface area contributed by atoms with Crippen molar-refractivity contribution in [2.75, 3.05) is 12.9 Å². The molecule has 0 unspecified atom stereocenters. The zero-order valence-corrected chi connectivity index (χ0v) is 14.0. The molecule has 0 aliphatic rings. The number of hydrogen-bond acceptors (Lipinski definition) is 4. The van der Waals surface area contributed by atoms with Gasteiger partial charge in [-0.05, 0) is 37.4 Å². The lowest BCUT2D eigenvalue weighted by Crippen LogP contribution is -2.23. The van der Waals surface area contributed by atoms with Crippen molar-refractivity contribution in [1.82, 2.24) is 10.3 Å². The average Bonchev–Trinajstić information content (AvgIpc) is 2.54. The molecule has 4 nitrogen and oxygen atoms in total. The van der Waals surface area contributed by atoms with Gasteiger partial charge in [0.25, 0.3) is 5.91 Å². The number of halogens is 1. The number of amides is 1. The van der Waals surface area contributed by atoms with Gasteiger partial charge in [-0.2, -0.15) is 0 Å². The smallest absolute Gasteiger partial charge is 0.253 e. The number of hydrogen-bond donors (Lipinski definition) is 1. The molecule has 22 heavy (non-hydrogen) atoms. The summed E-state index contributed by atoms with van der Waals surface area (Å²) in [7, 11) is 0. The lowest BCUT2D eigenvalue weighted by molar-refractivity contribution is 0.0950. The molecule has 1 aromatic heterocycles. The number of carbonyl (C=O) groups excluding carboxylic acids is 1. The fourth-order valence-electron chi connectivity index (χ4n) is 1.90. The maximum absolute atomic E-state index is 12.3. The van der Waals surface area contributed by atoms with E-state index in [1.54, 1.807) is 30.1 Å². The van der Waals surface area contributed by atoms with Crippen LogP contribution in [-0.2, 0) is 6.54 Å². The van der Waals surface area contributed by atoms with Crippen LogP contribution in [0.2, 0.25) is 5.02 Å². The quantitative estimate of drug-likeness (QED) is 0.815. The minimum atomic E-state index is -0.216. The SMILES string of the molecule is CCOc1ncccc1CNC(=O)c1cc(SC)ccc1Cl. The lowest BCUT2D eigenvalue weighted by Gasteiger charge is -2.11. The van der Waals surface area contributed by atoms with Crippen molar-refractivity contribution < 1.29 is 9.53 Å². The Morgan fingerprint density at radius 2 is 2.23 bits per heavy atom. The predicted molar refractivity (Wildman–Crippen MR) is 89.8 cm³/mol. The van der Waals surface area contributed by atoms with Gasteiger partial charge in [-0.3, -0.25) is 4.79 Å². The van der Waals surface area contributed by atoms with Crippen molar-refractivity contribution in [3.63, 3.8) is 0 Å². The monoisotopic (exact) mass is 336 g/mol. The van der Waals surface area contributed by atoms with E-state index in [1.165, 1.54) is 0 Å². The van der Waals surface area contributed by atoms with Crippen molar-refractivity contribution in [2.45, 2.75) is 18.4 Å². The maximum atomic E-state index is 12.3. The summed E-state index contributed by atoms with van der Waals surface area (Å²) in [6.45, 7) is 2.76. The van der Waals surface area contributed by atoms with E-state index in [4.69, 9.17) is 16.3 Å². The van der Waals surface area contributed by atoms with E-state index in [2.05, 4.69) is 10.3 Å². The predicted octanol–water partition coefficient (Wildman–Crippen LogP) is 3.79. The van der Waals surface area contributed by atoms with Crippen molar-refractivity contribution in [3.8, 4) is 5.88 Å². The van der Waals surface area contributed by atoms with Gasteiger partial charge in [0, 0.05) is 23.2 Å². The Kier molecular flexibility index (Phi) is 6.10. The van der Waals surface area contributed by atoms with Crippen LogP contribution in [0.4, 0.5) is 0 Å². The minimum absolute atomic E-state index is 0.216. The zero-order chi connectivity index (χ0) is 15.9. The third-order valence-corrected chi connectivity index (χ3v) is 4.04. The highest BCUT2D eigenvalue weighted by molar-refractivity contribution is 7.98. The molecule has 0 spiro atoms. The summed E-state index contributed by atoms with van der Waals surface area (Å²) >= 11 is 7.67.